The maximum absolute atomic E-state index is 13.8. The van der Waals surface area contributed by atoms with Crippen LogP contribution in [0.15, 0.2) is 41.1 Å². The third-order valence-electron chi connectivity index (χ3n) is 3.76. The number of aryl methyl sites for hydroxylation is 2. The number of aromatic nitrogens is 3. The van der Waals surface area contributed by atoms with Crippen LogP contribution in [0, 0.1) is 12.7 Å². The van der Waals surface area contributed by atoms with Crippen molar-refractivity contribution < 1.29 is 13.1 Å². The predicted octanol–water partition coefficient (Wildman–Crippen LogP) is 3.32. The van der Waals surface area contributed by atoms with E-state index in [1.165, 1.54) is 10.7 Å². The van der Waals surface area contributed by atoms with Crippen LogP contribution in [0.2, 0.25) is 0 Å². The maximum atomic E-state index is 13.8. The molecule has 0 fully saturated rings. The first kappa shape index (κ1) is 16.6. The number of nitrogens with zero attached hydrogens (tertiary/aromatic N) is 3. The molecule has 1 unspecified atom stereocenters. The van der Waals surface area contributed by atoms with Crippen LogP contribution >= 0.6 is 0 Å². The zero-order chi connectivity index (χ0) is 17.1. The molecule has 126 valence electrons. The van der Waals surface area contributed by atoms with Crippen molar-refractivity contribution in [3.05, 3.63) is 65.1 Å². The van der Waals surface area contributed by atoms with Crippen molar-refractivity contribution in [2.24, 2.45) is 0 Å². The summed E-state index contributed by atoms with van der Waals surface area (Å²) in [5.41, 5.74) is 2.78. The van der Waals surface area contributed by atoms with E-state index in [1.807, 2.05) is 13.8 Å². The van der Waals surface area contributed by atoms with Gasteiger partial charge in [-0.15, -0.1) is 0 Å². The van der Waals surface area contributed by atoms with Gasteiger partial charge in [0.1, 0.15) is 17.3 Å². The van der Waals surface area contributed by atoms with E-state index in [0.717, 1.165) is 17.7 Å². The van der Waals surface area contributed by atoms with Gasteiger partial charge in [-0.05, 0) is 31.5 Å². The number of halogens is 1. The van der Waals surface area contributed by atoms with Gasteiger partial charge in [-0.2, -0.15) is 5.10 Å². The highest BCUT2D eigenvalue weighted by Gasteiger charge is 2.15. The van der Waals surface area contributed by atoms with Gasteiger partial charge < -0.3 is 4.52 Å². The van der Waals surface area contributed by atoms with Crippen LogP contribution in [-0.4, -0.2) is 19.1 Å². The number of para-hydroxylation sites is 1. The van der Waals surface area contributed by atoms with Crippen molar-refractivity contribution in [3.8, 4) is 5.69 Å². The van der Waals surface area contributed by atoms with E-state index in [2.05, 4.69) is 10.3 Å². The second-order valence-electron chi connectivity index (χ2n) is 5.45. The summed E-state index contributed by atoms with van der Waals surface area (Å²) >= 11 is 0. The minimum Gasteiger partial charge on any atom is -0.361 e. The molecule has 0 aliphatic rings. The van der Waals surface area contributed by atoms with Gasteiger partial charge in [-0.1, -0.05) is 24.2 Å². The standard InChI is InChI=1S/C17H18FN3O2S/c1-3-16-14(12(2)23-20-16)11-24(22)10-13-8-9-21(19-13)17-7-5-4-6-15(17)18/h4-9H,3,10-11H2,1-2H3. The average Bonchev–Trinajstić information content (AvgIpc) is 3.15. The van der Waals surface area contributed by atoms with Crippen LogP contribution in [0.1, 0.15) is 29.6 Å². The Morgan fingerprint density at radius 3 is 2.79 bits per heavy atom. The van der Waals surface area contributed by atoms with E-state index in [1.54, 1.807) is 30.5 Å². The third-order valence-corrected chi connectivity index (χ3v) is 4.99. The largest absolute Gasteiger partial charge is 0.361 e. The van der Waals surface area contributed by atoms with E-state index in [4.69, 9.17) is 4.52 Å². The van der Waals surface area contributed by atoms with Gasteiger partial charge in [0.2, 0.25) is 0 Å². The molecule has 3 aromatic rings. The fourth-order valence-electron chi connectivity index (χ4n) is 2.49. The topological polar surface area (TPSA) is 60.9 Å². The summed E-state index contributed by atoms with van der Waals surface area (Å²) in [7, 11) is -1.14. The van der Waals surface area contributed by atoms with Gasteiger partial charge in [0.25, 0.3) is 0 Å². The summed E-state index contributed by atoms with van der Waals surface area (Å²) in [5.74, 6) is 1.04. The van der Waals surface area contributed by atoms with Gasteiger partial charge in [0, 0.05) is 22.6 Å². The van der Waals surface area contributed by atoms with Crippen molar-refractivity contribution in [1.29, 1.82) is 0 Å². The van der Waals surface area contributed by atoms with Crippen LogP contribution in [0.4, 0.5) is 4.39 Å². The summed E-state index contributed by atoms with van der Waals surface area (Å²) in [5, 5.41) is 8.30. The Balaban J connectivity index is 1.72. The minimum atomic E-state index is -1.14. The molecule has 0 bridgehead atoms. The van der Waals surface area contributed by atoms with Gasteiger partial charge in [0.15, 0.2) is 0 Å². The Kier molecular flexibility index (Phi) is 4.89. The molecule has 0 N–H and O–H groups in total. The van der Waals surface area contributed by atoms with E-state index in [9.17, 15) is 8.60 Å². The summed E-state index contributed by atoms with van der Waals surface area (Å²) < 4.78 is 32.8. The molecule has 0 amide bonds. The first-order valence-electron chi connectivity index (χ1n) is 7.67. The van der Waals surface area contributed by atoms with E-state index >= 15 is 0 Å². The molecule has 0 saturated heterocycles. The molecule has 2 aromatic heterocycles. The fourth-order valence-corrected chi connectivity index (χ4v) is 3.76. The molecule has 1 aromatic carbocycles. The van der Waals surface area contributed by atoms with E-state index < -0.39 is 10.8 Å². The molecule has 0 aliphatic carbocycles. The number of hydrogen-bond donors (Lipinski definition) is 0. The summed E-state index contributed by atoms with van der Waals surface area (Å²) in [6, 6.07) is 8.17. The quantitative estimate of drug-likeness (QED) is 0.686. The molecule has 1 atom stereocenters. The second-order valence-corrected chi connectivity index (χ2v) is 6.91. The first-order chi connectivity index (χ1) is 11.6. The van der Waals surface area contributed by atoms with Crippen LogP contribution < -0.4 is 0 Å². The number of rotatable bonds is 6. The van der Waals surface area contributed by atoms with Gasteiger partial charge in [0.05, 0.1) is 22.9 Å². The highest BCUT2D eigenvalue weighted by atomic mass is 32.2. The van der Waals surface area contributed by atoms with Gasteiger partial charge in [-0.3, -0.25) is 4.21 Å². The van der Waals surface area contributed by atoms with Crippen LogP contribution in [0.5, 0.6) is 0 Å². The van der Waals surface area contributed by atoms with Crippen molar-refractivity contribution in [1.82, 2.24) is 14.9 Å². The van der Waals surface area contributed by atoms with E-state index in [-0.39, 0.29) is 5.82 Å². The minimum absolute atomic E-state index is 0.301. The molecule has 0 saturated carbocycles. The molecular formula is C17H18FN3O2S. The average molecular weight is 347 g/mol. The first-order valence-corrected chi connectivity index (χ1v) is 9.15. The smallest absolute Gasteiger partial charge is 0.148 e. The molecular weight excluding hydrogens is 329 g/mol. The predicted molar refractivity (Wildman–Crippen MR) is 89.7 cm³/mol. The molecule has 7 heteroatoms. The maximum Gasteiger partial charge on any atom is 0.148 e. The highest BCUT2D eigenvalue weighted by molar-refractivity contribution is 7.83. The van der Waals surface area contributed by atoms with Gasteiger partial charge in [-0.25, -0.2) is 9.07 Å². The molecule has 0 spiro atoms. The van der Waals surface area contributed by atoms with Crippen LogP contribution in [-0.2, 0) is 28.7 Å². The van der Waals surface area contributed by atoms with Crippen molar-refractivity contribution >= 4 is 10.8 Å². The lowest BCUT2D eigenvalue weighted by Gasteiger charge is -2.03. The Morgan fingerprint density at radius 2 is 2.04 bits per heavy atom. The van der Waals surface area contributed by atoms with Gasteiger partial charge >= 0.3 is 0 Å². The fraction of sp³-hybridized carbons (Fsp3) is 0.294. The molecule has 24 heavy (non-hydrogen) atoms. The lowest BCUT2D eigenvalue weighted by atomic mass is 10.2. The summed E-state index contributed by atoms with van der Waals surface area (Å²) in [6.45, 7) is 3.81. The molecule has 3 rings (SSSR count). The SMILES string of the molecule is CCc1noc(C)c1CS(=O)Cc1ccn(-c2ccccc2F)n1. The lowest BCUT2D eigenvalue weighted by Crippen LogP contribution is -2.04. The molecule has 2 heterocycles. The van der Waals surface area contributed by atoms with Crippen molar-refractivity contribution in [2.45, 2.75) is 31.8 Å². The number of benzene rings is 1. The zero-order valence-corrected chi connectivity index (χ0v) is 14.3. The Bertz CT molecular complexity index is 872. The number of hydrogen-bond acceptors (Lipinski definition) is 4. The second kappa shape index (κ2) is 7.09. The monoisotopic (exact) mass is 347 g/mol. The third kappa shape index (κ3) is 3.46. The van der Waals surface area contributed by atoms with Crippen LogP contribution in [0.25, 0.3) is 5.69 Å². The molecule has 5 nitrogen and oxygen atoms in total. The zero-order valence-electron chi connectivity index (χ0n) is 13.5. The Hall–Kier alpha value is -2.28. The summed E-state index contributed by atoms with van der Waals surface area (Å²) in [6.07, 6.45) is 2.42. The van der Waals surface area contributed by atoms with Crippen molar-refractivity contribution in [3.63, 3.8) is 0 Å². The molecule has 0 aliphatic heterocycles. The van der Waals surface area contributed by atoms with Crippen LogP contribution in [0.3, 0.4) is 0 Å². The summed E-state index contributed by atoms with van der Waals surface area (Å²) in [4.78, 5) is 0. The Labute approximate surface area is 141 Å². The lowest BCUT2D eigenvalue weighted by molar-refractivity contribution is 0.390. The normalized spacial score (nSPS) is 12.5. The Morgan fingerprint density at radius 1 is 1.25 bits per heavy atom. The van der Waals surface area contributed by atoms with Crippen molar-refractivity contribution in [2.75, 3.05) is 0 Å². The highest BCUT2D eigenvalue weighted by Crippen LogP contribution is 2.18. The molecule has 0 radical (unpaired) electrons. The van der Waals surface area contributed by atoms with E-state index in [0.29, 0.717) is 28.6 Å².